The lowest BCUT2D eigenvalue weighted by atomic mass is 10.1. The van der Waals surface area contributed by atoms with Gasteiger partial charge in [-0.05, 0) is 31.2 Å². The number of fused-ring (bicyclic) bond motifs is 1. The molecule has 142 valence electrons. The lowest BCUT2D eigenvalue weighted by molar-refractivity contribution is 0.102. The molecular weight excluding hydrogens is 378 g/mol. The van der Waals surface area contributed by atoms with Crippen LogP contribution < -0.4 is 10.1 Å². The molecule has 1 N–H and O–H groups in total. The summed E-state index contributed by atoms with van der Waals surface area (Å²) in [5.41, 5.74) is 3.24. The average molecular weight is 396 g/mol. The number of aryl methyl sites for hydroxylation is 2. The third kappa shape index (κ3) is 3.10. The number of rotatable bonds is 4. The third-order valence-electron chi connectivity index (χ3n) is 4.52. The lowest BCUT2D eigenvalue weighted by Gasteiger charge is -2.13. The molecule has 0 spiro atoms. The molecule has 8 heteroatoms. The maximum atomic E-state index is 12.9. The summed E-state index contributed by atoms with van der Waals surface area (Å²) in [6.45, 7) is 1.90. The molecule has 7 nitrogen and oxygen atoms in total. The van der Waals surface area contributed by atoms with E-state index in [0.29, 0.717) is 22.0 Å². The molecule has 0 aliphatic rings. The van der Waals surface area contributed by atoms with Gasteiger partial charge in [0.25, 0.3) is 5.91 Å². The van der Waals surface area contributed by atoms with Crippen LogP contribution >= 0.6 is 11.6 Å². The normalized spacial score (nSPS) is 11.0. The Morgan fingerprint density at radius 3 is 2.68 bits per heavy atom. The Bertz CT molecular complexity index is 1180. The van der Waals surface area contributed by atoms with Crippen LogP contribution in [0.4, 0.5) is 5.69 Å². The fourth-order valence-electron chi connectivity index (χ4n) is 3.16. The highest BCUT2D eigenvalue weighted by Gasteiger charge is 2.18. The Morgan fingerprint density at radius 2 is 1.96 bits per heavy atom. The van der Waals surface area contributed by atoms with Crippen molar-refractivity contribution in [2.45, 2.75) is 6.92 Å². The molecule has 0 fully saturated rings. The van der Waals surface area contributed by atoms with Crippen LogP contribution in [-0.4, -0.2) is 32.3 Å². The topological polar surface area (TPSA) is 74.0 Å². The maximum Gasteiger partial charge on any atom is 0.259 e. The highest BCUT2D eigenvalue weighted by atomic mass is 35.5. The largest absolute Gasteiger partial charge is 0.496 e. The van der Waals surface area contributed by atoms with Gasteiger partial charge in [-0.2, -0.15) is 5.10 Å². The van der Waals surface area contributed by atoms with Crippen LogP contribution in [0.3, 0.4) is 0 Å². The summed E-state index contributed by atoms with van der Waals surface area (Å²) in [7, 11) is 3.35. The van der Waals surface area contributed by atoms with Gasteiger partial charge in [-0.3, -0.25) is 9.48 Å². The second kappa shape index (κ2) is 7.01. The van der Waals surface area contributed by atoms with E-state index in [0.717, 1.165) is 22.4 Å². The third-order valence-corrected chi connectivity index (χ3v) is 4.82. The molecule has 0 saturated carbocycles. The first kappa shape index (κ1) is 18.1. The number of ether oxygens (including phenoxy) is 1. The number of benzene rings is 1. The van der Waals surface area contributed by atoms with Crippen molar-refractivity contribution in [3.8, 4) is 11.4 Å². The lowest BCUT2D eigenvalue weighted by Crippen LogP contribution is -2.14. The first-order valence-corrected chi connectivity index (χ1v) is 8.97. The molecule has 0 bridgehead atoms. The number of pyridine rings is 1. The van der Waals surface area contributed by atoms with Crippen molar-refractivity contribution in [3.05, 3.63) is 65.2 Å². The first-order chi connectivity index (χ1) is 13.5. The fourth-order valence-corrected chi connectivity index (χ4v) is 3.42. The molecular formula is C20H18ClN5O2. The number of hydrogen-bond donors (Lipinski definition) is 1. The van der Waals surface area contributed by atoms with E-state index in [2.05, 4.69) is 15.4 Å². The van der Waals surface area contributed by atoms with E-state index in [1.54, 1.807) is 23.0 Å². The number of amides is 1. The predicted molar refractivity (Wildman–Crippen MR) is 109 cm³/mol. The highest BCUT2D eigenvalue weighted by molar-refractivity contribution is 6.33. The minimum Gasteiger partial charge on any atom is -0.496 e. The van der Waals surface area contributed by atoms with Crippen molar-refractivity contribution in [2.24, 2.45) is 7.05 Å². The van der Waals surface area contributed by atoms with Crippen LogP contribution in [0.2, 0.25) is 5.02 Å². The summed E-state index contributed by atoms with van der Waals surface area (Å²) in [6.07, 6.45) is 5.35. The van der Waals surface area contributed by atoms with Gasteiger partial charge >= 0.3 is 0 Å². The Morgan fingerprint density at radius 1 is 1.21 bits per heavy atom. The summed E-state index contributed by atoms with van der Waals surface area (Å²) in [5.74, 6) is 0.0951. The second-order valence-corrected chi connectivity index (χ2v) is 6.76. The summed E-state index contributed by atoms with van der Waals surface area (Å²) in [5, 5.41) is 8.53. The Hall–Kier alpha value is -3.32. The van der Waals surface area contributed by atoms with E-state index in [9.17, 15) is 4.79 Å². The zero-order valence-corrected chi connectivity index (χ0v) is 16.4. The number of hydrogen-bond acceptors (Lipinski definition) is 4. The van der Waals surface area contributed by atoms with E-state index in [4.69, 9.17) is 16.3 Å². The smallest absolute Gasteiger partial charge is 0.259 e. The van der Waals surface area contributed by atoms with Gasteiger partial charge in [0.2, 0.25) is 0 Å². The molecule has 3 heterocycles. The van der Waals surface area contributed by atoms with Crippen LogP contribution in [-0.2, 0) is 7.05 Å². The molecule has 3 aromatic heterocycles. The van der Waals surface area contributed by atoms with Crippen LogP contribution in [0.5, 0.6) is 5.75 Å². The minimum absolute atomic E-state index is 0.333. The molecule has 1 aromatic carbocycles. The zero-order chi connectivity index (χ0) is 19.8. The van der Waals surface area contributed by atoms with Crippen molar-refractivity contribution < 1.29 is 9.53 Å². The summed E-state index contributed by atoms with van der Waals surface area (Å²) in [4.78, 5) is 17.2. The Kier molecular flexibility index (Phi) is 4.52. The molecule has 0 saturated heterocycles. The number of carbonyl (C=O) groups is 1. The first-order valence-electron chi connectivity index (χ1n) is 8.59. The predicted octanol–water partition coefficient (Wildman–Crippen LogP) is 3.98. The van der Waals surface area contributed by atoms with Gasteiger partial charge in [0.05, 0.1) is 41.0 Å². The Labute approximate surface area is 166 Å². The van der Waals surface area contributed by atoms with Crippen molar-refractivity contribution in [1.82, 2.24) is 19.3 Å². The van der Waals surface area contributed by atoms with E-state index >= 15 is 0 Å². The van der Waals surface area contributed by atoms with E-state index in [1.165, 1.54) is 7.11 Å². The van der Waals surface area contributed by atoms with Gasteiger partial charge in [0.15, 0.2) is 5.65 Å². The summed E-state index contributed by atoms with van der Waals surface area (Å²) >= 11 is 6.42. The van der Waals surface area contributed by atoms with Gasteiger partial charge in [0, 0.05) is 30.9 Å². The number of anilines is 1. The molecule has 1 amide bonds. The molecule has 4 aromatic rings. The van der Waals surface area contributed by atoms with Crippen LogP contribution in [0.15, 0.2) is 48.9 Å². The molecule has 0 unspecified atom stereocenters. The second-order valence-electron chi connectivity index (χ2n) is 6.35. The van der Waals surface area contributed by atoms with Gasteiger partial charge in [-0.15, -0.1) is 0 Å². The Balaban J connectivity index is 1.68. The fraction of sp³-hybridized carbons (Fsp3) is 0.150. The van der Waals surface area contributed by atoms with E-state index in [1.807, 2.05) is 49.1 Å². The van der Waals surface area contributed by atoms with Gasteiger partial charge in [0.1, 0.15) is 5.75 Å². The number of nitrogens with zero attached hydrogens (tertiary/aromatic N) is 4. The van der Waals surface area contributed by atoms with Crippen LogP contribution in [0.25, 0.3) is 16.7 Å². The quantitative estimate of drug-likeness (QED) is 0.567. The van der Waals surface area contributed by atoms with Crippen molar-refractivity contribution >= 4 is 34.2 Å². The van der Waals surface area contributed by atoms with E-state index in [-0.39, 0.29) is 5.91 Å². The van der Waals surface area contributed by atoms with Crippen LogP contribution in [0, 0.1) is 6.92 Å². The summed E-state index contributed by atoms with van der Waals surface area (Å²) < 4.78 is 8.99. The number of nitrogens with one attached hydrogen (secondary N) is 1. The standard InChI is InChI=1S/C20H18ClN5O2/c1-12-14-8-13(11-22-19(14)25(2)24-12)23-20(27)15-9-16(21)17(10-18(15)28-3)26-6-4-5-7-26/h4-11H,1-3H3,(H,23,27). The van der Waals surface area contributed by atoms with Crippen molar-refractivity contribution in [3.63, 3.8) is 0 Å². The number of halogens is 1. The molecule has 0 atom stereocenters. The van der Waals surface area contributed by atoms with Gasteiger partial charge in [-0.25, -0.2) is 4.98 Å². The highest BCUT2D eigenvalue weighted by Crippen LogP contribution is 2.31. The monoisotopic (exact) mass is 395 g/mol. The minimum atomic E-state index is -0.333. The number of aromatic nitrogens is 4. The number of carbonyl (C=O) groups excluding carboxylic acids is 1. The average Bonchev–Trinajstić information content (AvgIpc) is 3.30. The molecule has 0 radical (unpaired) electrons. The molecule has 28 heavy (non-hydrogen) atoms. The maximum absolute atomic E-state index is 12.9. The van der Waals surface area contributed by atoms with Gasteiger partial charge in [-0.1, -0.05) is 11.6 Å². The molecule has 0 aliphatic heterocycles. The SMILES string of the molecule is COc1cc(-n2cccc2)c(Cl)cc1C(=O)Nc1cnc2c(c1)c(C)nn2C. The van der Waals surface area contributed by atoms with Crippen molar-refractivity contribution in [2.75, 3.05) is 12.4 Å². The number of methoxy groups -OCH3 is 1. The van der Waals surface area contributed by atoms with Crippen LogP contribution in [0.1, 0.15) is 16.1 Å². The van der Waals surface area contributed by atoms with Crippen molar-refractivity contribution in [1.29, 1.82) is 0 Å². The zero-order valence-electron chi connectivity index (χ0n) is 15.6. The summed E-state index contributed by atoms with van der Waals surface area (Å²) in [6, 6.07) is 8.99. The van der Waals surface area contributed by atoms with E-state index < -0.39 is 0 Å². The van der Waals surface area contributed by atoms with Gasteiger partial charge < -0.3 is 14.6 Å². The molecule has 4 rings (SSSR count). The molecule has 0 aliphatic carbocycles.